The van der Waals surface area contributed by atoms with Crippen LogP contribution < -0.4 is 4.90 Å². The predicted molar refractivity (Wildman–Crippen MR) is 130 cm³/mol. The summed E-state index contributed by atoms with van der Waals surface area (Å²) in [4.78, 5) is 2.58. The number of hydrogen-bond acceptors (Lipinski definition) is 1. The molecule has 0 saturated carbocycles. The van der Waals surface area contributed by atoms with Gasteiger partial charge in [-0.2, -0.15) is 0 Å². The molecule has 0 spiro atoms. The van der Waals surface area contributed by atoms with E-state index in [1.54, 1.807) is 0 Å². The molecule has 1 heterocycles. The van der Waals surface area contributed by atoms with Crippen LogP contribution >= 0.6 is 0 Å². The predicted octanol–water partition coefficient (Wildman–Crippen LogP) is 7.59. The Labute approximate surface area is 181 Å². The highest BCUT2D eigenvalue weighted by molar-refractivity contribution is 5.66. The first kappa shape index (κ1) is 20.2. The van der Waals surface area contributed by atoms with Crippen LogP contribution in [-0.2, 0) is 0 Å². The molecule has 0 bridgehead atoms. The van der Waals surface area contributed by atoms with Gasteiger partial charge in [-0.1, -0.05) is 91.1 Å². The van der Waals surface area contributed by atoms with E-state index in [1.807, 2.05) is 6.08 Å². The monoisotopic (exact) mass is 393 g/mol. The van der Waals surface area contributed by atoms with Crippen molar-refractivity contribution in [2.24, 2.45) is 5.92 Å². The number of para-hydroxylation sites is 1. The fourth-order valence-electron chi connectivity index (χ4n) is 5.45. The van der Waals surface area contributed by atoms with E-state index in [9.17, 15) is 0 Å². The smallest absolute Gasteiger partial charge is 0.0743 e. The molecule has 2 aromatic carbocycles. The van der Waals surface area contributed by atoms with E-state index in [0.717, 1.165) is 6.42 Å². The van der Waals surface area contributed by atoms with Crippen molar-refractivity contribution in [3.05, 3.63) is 126 Å². The van der Waals surface area contributed by atoms with Crippen molar-refractivity contribution in [3.63, 3.8) is 0 Å². The Morgan fingerprint density at radius 2 is 1.70 bits per heavy atom. The maximum absolute atomic E-state index is 3.91. The lowest BCUT2D eigenvalue weighted by Crippen LogP contribution is -2.45. The molecule has 1 fully saturated rings. The minimum absolute atomic E-state index is 0.216. The third-order valence-electron chi connectivity index (χ3n) is 6.67. The van der Waals surface area contributed by atoms with E-state index in [-0.39, 0.29) is 5.54 Å². The van der Waals surface area contributed by atoms with E-state index >= 15 is 0 Å². The molecule has 0 aromatic heterocycles. The molecule has 2 aliphatic rings. The van der Waals surface area contributed by atoms with Gasteiger partial charge in [0.05, 0.1) is 5.54 Å². The van der Waals surface area contributed by atoms with Crippen LogP contribution in [0, 0.1) is 5.92 Å². The van der Waals surface area contributed by atoms with Crippen molar-refractivity contribution < 1.29 is 0 Å². The number of allylic oxidation sites excluding steroid dienone is 7. The molecule has 2 aromatic rings. The Morgan fingerprint density at radius 1 is 1.03 bits per heavy atom. The van der Waals surface area contributed by atoms with Gasteiger partial charge in [-0.15, -0.1) is 0 Å². The van der Waals surface area contributed by atoms with Gasteiger partial charge >= 0.3 is 0 Å². The van der Waals surface area contributed by atoms with Gasteiger partial charge in [-0.25, -0.2) is 0 Å². The number of nitrogens with zero attached hydrogens (tertiary/aromatic N) is 1. The van der Waals surface area contributed by atoms with Gasteiger partial charge in [-0.3, -0.25) is 0 Å². The quantitative estimate of drug-likeness (QED) is 0.473. The van der Waals surface area contributed by atoms with Crippen LogP contribution in [-0.4, -0.2) is 5.54 Å². The van der Waals surface area contributed by atoms with Crippen molar-refractivity contribution in [1.29, 1.82) is 0 Å². The van der Waals surface area contributed by atoms with Gasteiger partial charge in [0.2, 0.25) is 0 Å². The molecule has 0 radical (unpaired) electrons. The average Bonchev–Trinajstić information content (AvgIpc) is 3.03. The van der Waals surface area contributed by atoms with Crippen LogP contribution in [0.1, 0.15) is 38.7 Å². The second-order valence-electron chi connectivity index (χ2n) is 8.46. The lowest BCUT2D eigenvalue weighted by Gasteiger charge is -2.42. The van der Waals surface area contributed by atoms with E-state index < -0.39 is 0 Å². The number of rotatable bonds is 5. The lowest BCUT2D eigenvalue weighted by atomic mass is 9.70. The van der Waals surface area contributed by atoms with Crippen molar-refractivity contribution in [2.45, 2.75) is 38.6 Å². The SMILES string of the molecule is C=C/C=C\C(=C/C)C1(C)C(c2ccccc2)[C@@H]2CC(C)=CC=C2N1c1ccccc1. The first-order chi connectivity index (χ1) is 14.6. The summed E-state index contributed by atoms with van der Waals surface area (Å²) >= 11 is 0. The highest BCUT2D eigenvalue weighted by atomic mass is 15.3. The van der Waals surface area contributed by atoms with E-state index in [1.165, 1.54) is 28.1 Å². The highest BCUT2D eigenvalue weighted by Gasteiger charge is 2.55. The van der Waals surface area contributed by atoms with Crippen LogP contribution in [0.15, 0.2) is 121 Å². The minimum atomic E-state index is -0.216. The fraction of sp³-hybridized carbons (Fsp3) is 0.241. The maximum Gasteiger partial charge on any atom is 0.0743 e. The number of anilines is 1. The highest BCUT2D eigenvalue weighted by Crippen LogP contribution is 2.58. The fourth-order valence-corrected chi connectivity index (χ4v) is 5.45. The molecule has 152 valence electrons. The molecule has 30 heavy (non-hydrogen) atoms. The Kier molecular flexibility index (Phi) is 5.63. The zero-order chi connectivity index (χ0) is 21.1. The first-order valence-corrected chi connectivity index (χ1v) is 10.8. The zero-order valence-electron chi connectivity index (χ0n) is 18.3. The molecule has 1 nitrogen and oxygen atoms in total. The summed E-state index contributed by atoms with van der Waals surface area (Å²) in [6.07, 6.45) is 14.2. The summed E-state index contributed by atoms with van der Waals surface area (Å²) in [7, 11) is 0. The molecular formula is C29H31N. The molecule has 0 amide bonds. The van der Waals surface area contributed by atoms with Crippen molar-refractivity contribution in [3.8, 4) is 0 Å². The summed E-state index contributed by atoms with van der Waals surface area (Å²) in [5, 5.41) is 0. The minimum Gasteiger partial charge on any atom is -0.334 e. The molecule has 0 N–H and O–H groups in total. The molecule has 1 saturated heterocycles. The average molecular weight is 394 g/mol. The Balaban J connectivity index is 2.00. The van der Waals surface area contributed by atoms with E-state index in [2.05, 4.69) is 123 Å². The van der Waals surface area contributed by atoms with Crippen LogP contribution in [0.25, 0.3) is 0 Å². The van der Waals surface area contributed by atoms with E-state index in [0.29, 0.717) is 11.8 Å². The van der Waals surface area contributed by atoms with Gasteiger partial charge in [0.25, 0.3) is 0 Å². The van der Waals surface area contributed by atoms with Gasteiger partial charge < -0.3 is 4.90 Å². The standard InChI is InChI=1S/C29H31N/c1-5-7-16-24(6-2)29(4)28(23-14-10-8-11-15-23)26-21-22(3)19-20-27(26)30(29)25-17-12-9-13-18-25/h5-20,26,28H,1,21H2,2-4H3/b16-7-,24-6+/t26-,28?,29?/m1/s1. The summed E-state index contributed by atoms with van der Waals surface area (Å²) in [5.41, 5.74) is 6.60. The Hall–Kier alpha value is -3.06. The lowest BCUT2D eigenvalue weighted by molar-refractivity contribution is 0.420. The zero-order valence-corrected chi connectivity index (χ0v) is 18.3. The second kappa shape index (κ2) is 8.36. The van der Waals surface area contributed by atoms with Crippen LogP contribution in [0.5, 0.6) is 0 Å². The van der Waals surface area contributed by atoms with Gasteiger partial charge in [0.15, 0.2) is 0 Å². The summed E-state index contributed by atoms with van der Waals surface area (Å²) in [6.45, 7) is 10.7. The Bertz CT molecular complexity index is 1020. The molecule has 2 unspecified atom stereocenters. The molecule has 1 aliphatic heterocycles. The van der Waals surface area contributed by atoms with Crippen LogP contribution in [0.3, 0.4) is 0 Å². The van der Waals surface area contributed by atoms with Gasteiger partial charge in [0.1, 0.15) is 0 Å². The molecular weight excluding hydrogens is 362 g/mol. The van der Waals surface area contributed by atoms with E-state index in [4.69, 9.17) is 0 Å². The Morgan fingerprint density at radius 3 is 2.33 bits per heavy atom. The molecule has 1 aliphatic carbocycles. The maximum atomic E-state index is 3.91. The van der Waals surface area contributed by atoms with Crippen molar-refractivity contribution >= 4 is 5.69 Å². The summed E-state index contributed by atoms with van der Waals surface area (Å²) < 4.78 is 0. The second-order valence-corrected chi connectivity index (χ2v) is 8.46. The normalized spacial score (nSPS) is 26.4. The van der Waals surface area contributed by atoms with Crippen LogP contribution in [0.4, 0.5) is 5.69 Å². The summed E-state index contributed by atoms with van der Waals surface area (Å²) in [5.74, 6) is 0.782. The van der Waals surface area contributed by atoms with Crippen molar-refractivity contribution in [1.82, 2.24) is 0 Å². The summed E-state index contributed by atoms with van der Waals surface area (Å²) in [6, 6.07) is 21.9. The molecule has 3 atom stereocenters. The van der Waals surface area contributed by atoms with Gasteiger partial charge in [-0.05, 0) is 56.5 Å². The van der Waals surface area contributed by atoms with Crippen molar-refractivity contribution in [2.75, 3.05) is 4.90 Å². The molecule has 1 heteroatoms. The number of fused-ring (bicyclic) bond motifs is 1. The largest absolute Gasteiger partial charge is 0.334 e. The number of benzene rings is 2. The third-order valence-corrected chi connectivity index (χ3v) is 6.67. The van der Waals surface area contributed by atoms with Gasteiger partial charge in [0, 0.05) is 23.2 Å². The topological polar surface area (TPSA) is 3.24 Å². The first-order valence-electron chi connectivity index (χ1n) is 10.8. The number of hydrogen-bond donors (Lipinski definition) is 0. The third kappa shape index (κ3) is 3.29. The molecule has 4 rings (SSSR count). The van der Waals surface area contributed by atoms with Crippen LogP contribution in [0.2, 0.25) is 0 Å².